The predicted molar refractivity (Wildman–Crippen MR) is 143 cm³/mol. The second kappa shape index (κ2) is 12.9. The van der Waals surface area contributed by atoms with E-state index >= 15 is 0 Å². The standard InChI is InChI=1S/C32H32F4O2/c1-3-5-20-38-28-19-18-27(31(35)32(28)36)22-9-6-21(7-10-22)8-11-24-14-17-26(30(34)29(24)33)23-12-15-25(16-13-23)37-4-2/h3,6-7,9-10,12,14,17-19,25H,1,4-5,8,11,13,15-16,20H2,2H3. The zero-order valence-electron chi connectivity index (χ0n) is 21.5. The van der Waals surface area contributed by atoms with E-state index in [9.17, 15) is 17.6 Å². The number of allylic oxidation sites excluding steroid dienone is 1. The summed E-state index contributed by atoms with van der Waals surface area (Å²) in [6.45, 7) is 6.38. The molecule has 4 rings (SSSR count). The van der Waals surface area contributed by atoms with Crippen molar-refractivity contribution in [3.05, 3.63) is 107 Å². The molecule has 0 bridgehead atoms. The number of ether oxygens (including phenoxy) is 2. The fourth-order valence-corrected chi connectivity index (χ4v) is 4.72. The average molecular weight is 525 g/mol. The molecule has 200 valence electrons. The molecule has 0 heterocycles. The predicted octanol–water partition coefficient (Wildman–Crippen LogP) is 8.62. The summed E-state index contributed by atoms with van der Waals surface area (Å²) in [7, 11) is 0. The lowest BCUT2D eigenvalue weighted by Crippen LogP contribution is -2.16. The number of benzene rings is 3. The largest absolute Gasteiger partial charge is 0.490 e. The van der Waals surface area contributed by atoms with Crippen molar-refractivity contribution in [2.45, 2.75) is 51.6 Å². The van der Waals surface area contributed by atoms with Crippen molar-refractivity contribution in [1.82, 2.24) is 0 Å². The second-order valence-corrected chi connectivity index (χ2v) is 9.34. The Bertz CT molecular complexity index is 1300. The quantitative estimate of drug-likeness (QED) is 0.142. The van der Waals surface area contributed by atoms with Gasteiger partial charge in [0.05, 0.1) is 12.7 Å². The Labute approximate surface area is 221 Å². The van der Waals surface area contributed by atoms with E-state index in [0.29, 0.717) is 55.4 Å². The van der Waals surface area contributed by atoms with Crippen LogP contribution in [0.3, 0.4) is 0 Å². The van der Waals surface area contributed by atoms with Gasteiger partial charge in [0.25, 0.3) is 0 Å². The fourth-order valence-electron chi connectivity index (χ4n) is 4.72. The van der Waals surface area contributed by atoms with Gasteiger partial charge < -0.3 is 9.47 Å². The van der Waals surface area contributed by atoms with Crippen molar-refractivity contribution in [2.24, 2.45) is 0 Å². The fraction of sp³-hybridized carbons (Fsp3) is 0.312. The minimum atomic E-state index is -1.03. The molecule has 0 radical (unpaired) electrons. The molecule has 0 saturated carbocycles. The monoisotopic (exact) mass is 524 g/mol. The van der Waals surface area contributed by atoms with E-state index in [4.69, 9.17) is 9.47 Å². The zero-order chi connectivity index (χ0) is 27.1. The molecule has 1 aliphatic rings. The molecular weight excluding hydrogens is 492 g/mol. The first-order valence-electron chi connectivity index (χ1n) is 13.0. The molecule has 38 heavy (non-hydrogen) atoms. The van der Waals surface area contributed by atoms with Crippen LogP contribution in [-0.2, 0) is 17.6 Å². The molecule has 2 nitrogen and oxygen atoms in total. The van der Waals surface area contributed by atoms with Crippen molar-refractivity contribution in [3.8, 4) is 16.9 Å². The Morgan fingerprint density at radius 3 is 2.29 bits per heavy atom. The van der Waals surface area contributed by atoms with Gasteiger partial charge in [-0.2, -0.15) is 4.39 Å². The third-order valence-electron chi connectivity index (χ3n) is 6.85. The number of rotatable bonds is 11. The van der Waals surface area contributed by atoms with Gasteiger partial charge in [-0.05, 0) is 79.8 Å². The van der Waals surface area contributed by atoms with Crippen LogP contribution in [0.15, 0.2) is 67.3 Å². The van der Waals surface area contributed by atoms with Gasteiger partial charge in [-0.15, -0.1) is 6.58 Å². The molecule has 1 atom stereocenters. The number of hydrogen-bond acceptors (Lipinski definition) is 2. The highest BCUT2D eigenvalue weighted by Gasteiger charge is 2.21. The smallest absolute Gasteiger partial charge is 0.201 e. The van der Waals surface area contributed by atoms with Crippen LogP contribution in [0.2, 0.25) is 0 Å². The molecule has 0 N–H and O–H groups in total. The average Bonchev–Trinajstić information content (AvgIpc) is 2.93. The van der Waals surface area contributed by atoms with Crippen LogP contribution in [0, 0.1) is 23.3 Å². The van der Waals surface area contributed by atoms with E-state index in [0.717, 1.165) is 17.6 Å². The van der Waals surface area contributed by atoms with E-state index < -0.39 is 23.3 Å². The first-order valence-corrected chi connectivity index (χ1v) is 13.0. The van der Waals surface area contributed by atoms with Crippen molar-refractivity contribution in [3.63, 3.8) is 0 Å². The van der Waals surface area contributed by atoms with Crippen LogP contribution in [0.4, 0.5) is 17.6 Å². The van der Waals surface area contributed by atoms with Crippen molar-refractivity contribution in [2.75, 3.05) is 13.2 Å². The van der Waals surface area contributed by atoms with E-state index in [1.54, 1.807) is 42.5 Å². The lowest BCUT2D eigenvalue weighted by molar-refractivity contribution is 0.0579. The number of aryl methyl sites for hydroxylation is 2. The van der Waals surface area contributed by atoms with Crippen molar-refractivity contribution < 1.29 is 27.0 Å². The Hall–Kier alpha value is -3.38. The topological polar surface area (TPSA) is 18.5 Å². The third-order valence-corrected chi connectivity index (χ3v) is 6.85. The normalized spacial score (nSPS) is 15.3. The molecule has 0 amide bonds. The molecule has 1 unspecified atom stereocenters. The number of halogens is 4. The van der Waals surface area contributed by atoms with Gasteiger partial charge in [-0.1, -0.05) is 48.6 Å². The van der Waals surface area contributed by atoms with Gasteiger partial charge in [-0.25, -0.2) is 13.2 Å². The number of hydrogen-bond donors (Lipinski definition) is 0. The Morgan fingerprint density at radius 1 is 0.868 bits per heavy atom. The van der Waals surface area contributed by atoms with Crippen LogP contribution < -0.4 is 4.74 Å². The van der Waals surface area contributed by atoms with Crippen LogP contribution in [0.1, 0.15) is 49.3 Å². The van der Waals surface area contributed by atoms with Crippen LogP contribution >= 0.6 is 0 Å². The minimum Gasteiger partial charge on any atom is -0.490 e. The van der Waals surface area contributed by atoms with Crippen LogP contribution in [-0.4, -0.2) is 19.3 Å². The van der Waals surface area contributed by atoms with E-state index in [1.807, 2.05) is 13.0 Å². The van der Waals surface area contributed by atoms with Crippen molar-refractivity contribution in [1.29, 1.82) is 0 Å². The van der Waals surface area contributed by atoms with Crippen molar-refractivity contribution >= 4 is 5.57 Å². The summed E-state index contributed by atoms with van der Waals surface area (Å²) >= 11 is 0. The Kier molecular flexibility index (Phi) is 9.40. The third kappa shape index (κ3) is 6.36. The Balaban J connectivity index is 1.41. The molecule has 6 heteroatoms. The summed E-state index contributed by atoms with van der Waals surface area (Å²) in [5.74, 6) is -3.78. The second-order valence-electron chi connectivity index (χ2n) is 9.34. The van der Waals surface area contributed by atoms with Gasteiger partial charge in [0, 0.05) is 17.7 Å². The summed E-state index contributed by atoms with van der Waals surface area (Å²) in [5, 5.41) is 0. The molecule has 0 fully saturated rings. The van der Waals surface area contributed by atoms with Gasteiger partial charge in [0.2, 0.25) is 5.82 Å². The Morgan fingerprint density at radius 2 is 1.61 bits per heavy atom. The highest BCUT2D eigenvalue weighted by Crippen LogP contribution is 2.33. The van der Waals surface area contributed by atoms with Gasteiger partial charge in [-0.3, -0.25) is 0 Å². The summed E-state index contributed by atoms with van der Waals surface area (Å²) in [6.07, 6.45) is 7.18. The first-order chi connectivity index (χ1) is 18.4. The summed E-state index contributed by atoms with van der Waals surface area (Å²) in [5.41, 5.74) is 2.95. The molecular formula is C32H32F4O2. The molecule has 0 aliphatic heterocycles. The SMILES string of the molecule is C=CCCOc1ccc(-c2ccc(CCc3ccc(C4=CCC(OCC)CC4)c(F)c3F)cc2)c(F)c1F. The molecule has 0 saturated heterocycles. The first kappa shape index (κ1) is 27.6. The summed E-state index contributed by atoms with van der Waals surface area (Å²) in [4.78, 5) is 0. The minimum absolute atomic E-state index is 0.124. The molecule has 3 aromatic rings. The summed E-state index contributed by atoms with van der Waals surface area (Å²) < 4.78 is 69.8. The lowest BCUT2D eigenvalue weighted by atomic mass is 9.90. The molecule has 3 aromatic carbocycles. The molecule has 1 aliphatic carbocycles. The highest BCUT2D eigenvalue weighted by atomic mass is 19.2. The highest BCUT2D eigenvalue weighted by molar-refractivity contribution is 5.67. The maximum Gasteiger partial charge on any atom is 0.201 e. The maximum atomic E-state index is 14.9. The molecule has 0 aromatic heterocycles. The molecule has 0 spiro atoms. The van der Waals surface area contributed by atoms with E-state index in [2.05, 4.69) is 6.58 Å². The summed E-state index contributed by atoms with van der Waals surface area (Å²) in [6, 6.07) is 13.1. The van der Waals surface area contributed by atoms with E-state index in [1.165, 1.54) is 12.1 Å². The van der Waals surface area contributed by atoms with E-state index in [-0.39, 0.29) is 24.0 Å². The lowest BCUT2D eigenvalue weighted by Gasteiger charge is -2.22. The van der Waals surface area contributed by atoms with Crippen LogP contribution in [0.25, 0.3) is 16.7 Å². The van der Waals surface area contributed by atoms with Gasteiger partial charge in [0.15, 0.2) is 23.2 Å². The maximum absolute atomic E-state index is 14.9. The van der Waals surface area contributed by atoms with Gasteiger partial charge >= 0.3 is 0 Å². The van der Waals surface area contributed by atoms with Gasteiger partial charge in [0.1, 0.15) is 0 Å². The zero-order valence-corrected chi connectivity index (χ0v) is 21.5. The van der Waals surface area contributed by atoms with Crippen LogP contribution in [0.5, 0.6) is 5.75 Å².